The highest BCUT2D eigenvalue weighted by Crippen LogP contribution is 2.77. The lowest BCUT2D eigenvalue weighted by molar-refractivity contribution is -0.222. The third-order valence-electron chi connectivity index (χ3n) is 17.2. The van der Waals surface area contributed by atoms with Crippen molar-refractivity contribution in [3.05, 3.63) is 41.5 Å². The van der Waals surface area contributed by atoms with Crippen LogP contribution in [0.25, 0.3) is 5.57 Å². The Labute approximate surface area is 285 Å². The first-order valence-corrected chi connectivity index (χ1v) is 19.9. The van der Waals surface area contributed by atoms with Crippen molar-refractivity contribution in [3.8, 4) is 0 Å². The molecule has 7 aliphatic rings. The SMILES string of the molecule is CC1(C)C(c2ccc(C(=O)O)cc2)=CC[C@@]2(C)C1CC[C@]1(C)C2CC[C@@H]2C3CCC[C@]3(CNC3(CN4CCCCC4)CC3)CC[C@]21C. The lowest BCUT2D eigenvalue weighted by Gasteiger charge is -2.72. The molecule has 1 aromatic rings. The molecule has 4 heteroatoms. The van der Waals surface area contributed by atoms with Gasteiger partial charge in [-0.25, -0.2) is 4.79 Å². The standard InChI is InChI=1S/C43H64N2O2/c1-38(2)32(30-11-13-31(14-12-30)37(46)47)17-20-39(3)35(38)18-21-41(5)36(39)16-15-33-34-10-9-19-42(34,23-22-40(33,41)4)28-44-43(24-25-43)29-45-26-7-6-8-27-45/h11-14,17,33-36,44H,6-10,15-16,18-29H2,1-5H3,(H,46,47)/t33-,34?,35?,36?,39+,40-,41-,42-/m1/s1. The number of rotatable bonds is 7. The highest BCUT2D eigenvalue weighted by Gasteiger charge is 2.69. The Bertz CT molecular complexity index is 1400. The number of piperidine rings is 1. The second-order valence-electron chi connectivity index (χ2n) is 19.4. The summed E-state index contributed by atoms with van der Waals surface area (Å²) in [4.78, 5) is 14.3. The van der Waals surface area contributed by atoms with Crippen LogP contribution >= 0.6 is 0 Å². The number of fused-ring (bicyclic) bond motifs is 7. The van der Waals surface area contributed by atoms with Crippen LogP contribution in [0.4, 0.5) is 0 Å². The molecule has 0 radical (unpaired) electrons. The van der Waals surface area contributed by atoms with Crippen molar-refractivity contribution in [2.75, 3.05) is 26.2 Å². The predicted molar refractivity (Wildman–Crippen MR) is 192 cm³/mol. The third-order valence-corrected chi connectivity index (χ3v) is 17.2. The zero-order chi connectivity index (χ0) is 32.9. The van der Waals surface area contributed by atoms with E-state index in [4.69, 9.17) is 0 Å². The summed E-state index contributed by atoms with van der Waals surface area (Å²) in [7, 11) is 0. The van der Waals surface area contributed by atoms with E-state index in [9.17, 15) is 9.90 Å². The fourth-order valence-corrected chi connectivity index (χ4v) is 14.4. The third kappa shape index (κ3) is 4.90. The van der Waals surface area contributed by atoms with Crippen molar-refractivity contribution in [2.24, 2.45) is 50.7 Å². The minimum atomic E-state index is -0.842. The number of likely N-dealkylation sites (tertiary alicyclic amines) is 1. The summed E-state index contributed by atoms with van der Waals surface area (Å²) in [5.74, 6) is 2.37. The molecule has 0 spiro atoms. The molecule has 4 nitrogen and oxygen atoms in total. The number of hydrogen-bond acceptors (Lipinski definition) is 3. The van der Waals surface area contributed by atoms with Crippen LogP contribution in [0.5, 0.6) is 0 Å². The average Bonchev–Trinajstić information content (AvgIpc) is 3.67. The number of carbonyl (C=O) groups is 1. The summed E-state index contributed by atoms with van der Waals surface area (Å²) >= 11 is 0. The van der Waals surface area contributed by atoms with E-state index < -0.39 is 5.97 Å². The van der Waals surface area contributed by atoms with Crippen molar-refractivity contribution in [2.45, 2.75) is 136 Å². The van der Waals surface area contributed by atoms with Gasteiger partial charge in [0.2, 0.25) is 0 Å². The minimum absolute atomic E-state index is 0.0721. The van der Waals surface area contributed by atoms with E-state index in [0.717, 1.165) is 24.2 Å². The quantitative estimate of drug-likeness (QED) is 0.312. The van der Waals surface area contributed by atoms with Crippen LogP contribution in [0.2, 0.25) is 0 Å². The predicted octanol–water partition coefficient (Wildman–Crippen LogP) is 9.84. The molecule has 0 amide bonds. The number of nitrogens with zero attached hydrogens (tertiary/aromatic N) is 1. The molecule has 1 saturated heterocycles. The van der Waals surface area contributed by atoms with Crippen molar-refractivity contribution >= 4 is 11.5 Å². The van der Waals surface area contributed by atoms with Crippen LogP contribution in [0, 0.1) is 50.7 Å². The van der Waals surface area contributed by atoms with E-state index in [1.807, 2.05) is 0 Å². The van der Waals surface area contributed by atoms with Gasteiger partial charge in [0.15, 0.2) is 0 Å². The molecule has 5 saturated carbocycles. The highest BCUT2D eigenvalue weighted by molar-refractivity contribution is 5.88. The second-order valence-corrected chi connectivity index (χ2v) is 19.4. The summed E-state index contributed by atoms with van der Waals surface area (Å²) in [6.45, 7) is 18.5. The van der Waals surface area contributed by atoms with Crippen LogP contribution in [0.15, 0.2) is 30.3 Å². The van der Waals surface area contributed by atoms with Crippen molar-refractivity contribution in [1.82, 2.24) is 10.2 Å². The summed E-state index contributed by atoms with van der Waals surface area (Å²) < 4.78 is 0. The van der Waals surface area contributed by atoms with Crippen LogP contribution in [0.3, 0.4) is 0 Å². The number of hydrogen-bond donors (Lipinski definition) is 2. The van der Waals surface area contributed by atoms with Gasteiger partial charge in [0, 0.05) is 18.6 Å². The van der Waals surface area contributed by atoms with Crippen LogP contribution in [0.1, 0.15) is 147 Å². The summed E-state index contributed by atoms with van der Waals surface area (Å²) in [6.07, 6.45) is 23.6. The van der Waals surface area contributed by atoms with E-state index in [2.05, 4.69) is 63.0 Å². The Morgan fingerprint density at radius 3 is 2.23 bits per heavy atom. The molecule has 8 atom stereocenters. The molecule has 1 aromatic carbocycles. The lowest BCUT2D eigenvalue weighted by atomic mass is 9.32. The van der Waals surface area contributed by atoms with Crippen LogP contribution in [-0.2, 0) is 0 Å². The smallest absolute Gasteiger partial charge is 0.335 e. The molecular weight excluding hydrogens is 576 g/mol. The molecule has 6 fully saturated rings. The maximum Gasteiger partial charge on any atom is 0.335 e. The summed E-state index contributed by atoms with van der Waals surface area (Å²) in [5.41, 5.74) is 5.22. The minimum Gasteiger partial charge on any atom is -0.478 e. The zero-order valence-electron chi connectivity index (χ0n) is 30.4. The van der Waals surface area contributed by atoms with Gasteiger partial charge in [0.05, 0.1) is 5.56 Å². The second kappa shape index (κ2) is 11.2. The number of allylic oxidation sites excluding steroid dienone is 2. The molecule has 0 aromatic heterocycles. The molecule has 3 unspecified atom stereocenters. The molecule has 258 valence electrons. The number of benzene rings is 1. The van der Waals surface area contributed by atoms with Crippen molar-refractivity contribution in [1.29, 1.82) is 0 Å². The summed E-state index contributed by atoms with van der Waals surface area (Å²) in [5, 5.41) is 13.8. The van der Waals surface area contributed by atoms with Gasteiger partial charge in [-0.1, -0.05) is 65.7 Å². The van der Waals surface area contributed by atoms with E-state index >= 15 is 0 Å². The molecule has 0 bridgehead atoms. The first-order chi connectivity index (χ1) is 22.4. The fraction of sp³-hybridized carbons (Fsp3) is 0.791. The summed E-state index contributed by atoms with van der Waals surface area (Å²) in [6, 6.07) is 7.71. The number of nitrogens with one attached hydrogen (secondary N) is 1. The molecule has 47 heavy (non-hydrogen) atoms. The number of aromatic carboxylic acids is 1. The molecule has 1 aliphatic heterocycles. The Kier molecular flexibility index (Phi) is 7.74. The Balaban J connectivity index is 1.02. The number of carboxylic acid groups (broad SMARTS) is 1. The van der Waals surface area contributed by atoms with E-state index in [1.165, 1.54) is 127 Å². The van der Waals surface area contributed by atoms with E-state index in [0.29, 0.717) is 38.7 Å². The Hall–Kier alpha value is -1.65. The largest absolute Gasteiger partial charge is 0.478 e. The molecule has 2 N–H and O–H groups in total. The maximum absolute atomic E-state index is 11.5. The van der Waals surface area contributed by atoms with Gasteiger partial charge in [0.25, 0.3) is 0 Å². The fourth-order valence-electron chi connectivity index (χ4n) is 14.4. The topological polar surface area (TPSA) is 52.6 Å². The highest BCUT2D eigenvalue weighted by atomic mass is 16.4. The maximum atomic E-state index is 11.5. The average molecular weight is 641 g/mol. The molecular formula is C43H64N2O2. The monoisotopic (exact) mass is 640 g/mol. The van der Waals surface area contributed by atoms with E-state index in [-0.39, 0.29) is 5.41 Å². The lowest BCUT2D eigenvalue weighted by Crippen LogP contribution is -2.65. The van der Waals surface area contributed by atoms with Gasteiger partial charge in [-0.15, -0.1) is 0 Å². The molecule has 1 heterocycles. The van der Waals surface area contributed by atoms with Gasteiger partial charge >= 0.3 is 5.97 Å². The normalized spacial score (nSPS) is 43.6. The molecule has 8 rings (SSSR count). The van der Waals surface area contributed by atoms with Gasteiger partial charge in [-0.2, -0.15) is 0 Å². The number of carboxylic acids is 1. The Morgan fingerprint density at radius 2 is 1.53 bits per heavy atom. The van der Waals surface area contributed by atoms with Crippen molar-refractivity contribution < 1.29 is 9.90 Å². The first kappa shape index (κ1) is 32.5. The first-order valence-electron chi connectivity index (χ1n) is 19.9. The van der Waals surface area contributed by atoms with E-state index in [1.54, 1.807) is 12.1 Å². The van der Waals surface area contributed by atoms with Gasteiger partial charge in [-0.05, 0) is 171 Å². The van der Waals surface area contributed by atoms with Crippen LogP contribution < -0.4 is 5.32 Å². The van der Waals surface area contributed by atoms with Crippen LogP contribution in [-0.4, -0.2) is 47.7 Å². The Morgan fingerprint density at radius 1 is 0.787 bits per heavy atom. The van der Waals surface area contributed by atoms with Gasteiger partial charge < -0.3 is 15.3 Å². The van der Waals surface area contributed by atoms with Gasteiger partial charge in [0.1, 0.15) is 0 Å². The van der Waals surface area contributed by atoms with Crippen molar-refractivity contribution in [3.63, 3.8) is 0 Å². The van der Waals surface area contributed by atoms with Gasteiger partial charge in [-0.3, -0.25) is 0 Å². The zero-order valence-corrected chi connectivity index (χ0v) is 30.4. The molecule has 6 aliphatic carbocycles.